The number of carbonyl (C=O) groups excluding carboxylic acids is 1. The van der Waals surface area contributed by atoms with Crippen molar-refractivity contribution in [2.75, 3.05) is 32.1 Å². The summed E-state index contributed by atoms with van der Waals surface area (Å²) in [7, 11) is -3.67. The summed E-state index contributed by atoms with van der Waals surface area (Å²) in [6.07, 6.45) is 2.59. The van der Waals surface area contributed by atoms with Gasteiger partial charge < -0.3 is 14.4 Å². The van der Waals surface area contributed by atoms with Crippen LogP contribution < -0.4 is 4.74 Å². The van der Waals surface area contributed by atoms with Crippen molar-refractivity contribution >= 4 is 33.4 Å². The van der Waals surface area contributed by atoms with Crippen molar-refractivity contribution in [2.24, 2.45) is 0 Å². The lowest BCUT2D eigenvalue weighted by Gasteiger charge is -2.32. The minimum absolute atomic E-state index is 0.194. The summed E-state index contributed by atoms with van der Waals surface area (Å²) < 4.78 is 35.7. The fourth-order valence-electron chi connectivity index (χ4n) is 2.73. The Morgan fingerprint density at radius 3 is 2.79 bits per heavy atom. The van der Waals surface area contributed by atoms with Crippen molar-refractivity contribution in [1.29, 1.82) is 0 Å². The third kappa shape index (κ3) is 6.85. The Hall–Kier alpha value is -2.42. The second-order valence-corrected chi connectivity index (χ2v) is 8.80. The second-order valence-electron chi connectivity index (χ2n) is 6.48. The van der Waals surface area contributed by atoms with E-state index >= 15 is 0 Å². The van der Waals surface area contributed by atoms with Crippen molar-refractivity contribution in [3.05, 3.63) is 64.7 Å². The number of ether oxygens (including phenoxy) is 2. The van der Waals surface area contributed by atoms with Crippen molar-refractivity contribution in [3.63, 3.8) is 0 Å². The molecule has 1 saturated heterocycles. The van der Waals surface area contributed by atoms with Crippen molar-refractivity contribution in [3.8, 4) is 5.88 Å². The number of hydrogen-bond acceptors (Lipinski definition) is 6. The lowest BCUT2D eigenvalue weighted by Crippen LogP contribution is -2.49. The van der Waals surface area contributed by atoms with E-state index in [0.717, 1.165) is 11.0 Å². The molecular formula is C20H21ClN2O5S. The van der Waals surface area contributed by atoms with Crippen LogP contribution in [-0.4, -0.2) is 62.4 Å². The van der Waals surface area contributed by atoms with E-state index in [-0.39, 0.29) is 19.3 Å². The number of hydrogen-bond donors (Lipinski definition) is 0. The van der Waals surface area contributed by atoms with E-state index in [1.807, 2.05) is 18.2 Å². The molecule has 29 heavy (non-hydrogen) atoms. The Kier molecular flexibility index (Phi) is 7.24. The molecule has 0 saturated carbocycles. The van der Waals surface area contributed by atoms with Crippen LogP contribution in [0.3, 0.4) is 0 Å². The number of sulfone groups is 1. The normalized spacial score (nSPS) is 17.4. The van der Waals surface area contributed by atoms with Crippen LogP contribution in [0.4, 0.5) is 0 Å². The van der Waals surface area contributed by atoms with Gasteiger partial charge in [-0.2, -0.15) is 0 Å². The first-order chi connectivity index (χ1) is 13.9. The maximum atomic E-state index is 12.5. The molecule has 1 amide bonds. The van der Waals surface area contributed by atoms with E-state index in [1.54, 1.807) is 24.3 Å². The lowest BCUT2D eigenvalue weighted by molar-refractivity contribution is -0.137. The number of rotatable bonds is 7. The average molecular weight is 437 g/mol. The Morgan fingerprint density at radius 1 is 1.28 bits per heavy atom. The molecule has 3 rings (SSSR count). The van der Waals surface area contributed by atoms with Gasteiger partial charge in [0.15, 0.2) is 9.84 Å². The fraction of sp³-hybridized carbons (Fsp3) is 0.300. The van der Waals surface area contributed by atoms with Gasteiger partial charge in [-0.25, -0.2) is 13.4 Å². The Bertz CT molecular complexity index is 949. The highest BCUT2D eigenvalue weighted by Crippen LogP contribution is 2.14. The highest BCUT2D eigenvalue weighted by molar-refractivity contribution is 7.95. The van der Waals surface area contributed by atoms with Gasteiger partial charge in [0.1, 0.15) is 18.5 Å². The molecule has 0 radical (unpaired) electrons. The minimum Gasteiger partial charge on any atom is -0.475 e. The highest BCUT2D eigenvalue weighted by Gasteiger charge is 2.27. The van der Waals surface area contributed by atoms with Gasteiger partial charge in [0.2, 0.25) is 11.8 Å². The molecule has 1 unspecified atom stereocenters. The molecule has 1 atom stereocenters. The van der Waals surface area contributed by atoms with Gasteiger partial charge >= 0.3 is 0 Å². The Labute approximate surface area is 174 Å². The molecule has 0 bridgehead atoms. The maximum absolute atomic E-state index is 12.5. The number of nitrogens with zero attached hydrogens (tertiary/aromatic N) is 2. The van der Waals surface area contributed by atoms with E-state index in [1.165, 1.54) is 17.2 Å². The standard InChI is InChI=1S/C20H21ClN2O5S/c21-17-6-7-19(22-12-17)28-14-18-13-23(9-10-27-18)20(24)15-29(25,26)11-8-16-4-2-1-3-5-16/h1-8,11-12,18H,9-10,13-15H2/b11-8+. The van der Waals surface area contributed by atoms with Crippen LogP contribution in [0.15, 0.2) is 54.1 Å². The average Bonchev–Trinajstić information content (AvgIpc) is 2.73. The summed E-state index contributed by atoms with van der Waals surface area (Å²) in [6.45, 7) is 1.10. The van der Waals surface area contributed by atoms with Crippen LogP contribution >= 0.6 is 11.6 Å². The zero-order valence-corrected chi connectivity index (χ0v) is 17.2. The maximum Gasteiger partial charge on any atom is 0.238 e. The number of carbonyl (C=O) groups is 1. The number of halogens is 1. The van der Waals surface area contributed by atoms with Crippen LogP contribution in [0.25, 0.3) is 6.08 Å². The number of pyridine rings is 1. The third-order valence-corrected chi connectivity index (χ3v) is 5.62. The quantitative estimate of drug-likeness (QED) is 0.662. The molecule has 7 nitrogen and oxygen atoms in total. The zero-order valence-electron chi connectivity index (χ0n) is 15.6. The van der Waals surface area contributed by atoms with E-state index in [2.05, 4.69) is 4.98 Å². The van der Waals surface area contributed by atoms with Gasteiger partial charge in [0, 0.05) is 24.2 Å². The molecule has 1 fully saturated rings. The second kappa shape index (κ2) is 9.87. The molecule has 2 heterocycles. The van der Waals surface area contributed by atoms with Gasteiger partial charge in [0.05, 0.1) is 18.2 Å². The van der Waals surface area contributed by atoms with Crippen LogP contribution in [0.1, 0.15) is 5.56 Å². The molecule has 0 N–H and O–H groups in total. The van der Waals surface area contributed by atoms with Crippen molar-refractivity contribution in [2.45, 2.75) is 6.10 Å². The highest BCUT2D eigenvalue weighted by atomic mass is 35.5. The summed E-state index contributed by atoms with van der Waals surface area (Å²) in [5, 5.41) is 1.58. The molecule has 1 aromatic heterocycles. The Balaban J connectivity index is 1.52. The van der Waals surface area contributed by atoms with E-state index in [4.69, 9.17) is 21.1 Å². The summed E-state index contributed by atoms with van der Waals surface area (Å²) in [4.78, 5) is 18.0. The van der Waals surface area contributed by atoms with Crippen molar-refractivity contribution < 1.29 is 22.7 Å². The largest absolute Gasteiger partial charge is 0.475 e. The van der Waals surface area contributed by atoms with Crippen LogP contribution in [-0.2, 0) is 19.4 Å². The number of aromatic nitrogens is 1. The van der Waals surface area contributed by atoms with Gasteiger partial charge in [0.25, 0.3) is 0 Å². The molecule has 0 spiro atoms. The predicted molar refractivity (Wildman–Crippen MR) is 110 cm³/mol. The SMILES string of the molecule is O=C(CS(=O)(=O)/C=C/c1ccccc1)N1CCOC(COc2ccc(Cl)cn2)C1. The van der Waals surface area contributed by atoms with Gasteiger partial charge in [-0.1, -0.05) is 41.9 Å². The topological polar surface area (TPSA) is 85.8 Å². The van der Waals surface area contributed by atoms with Crippen molar-refractivity contribution in [1.82, 2.24) is 9.88 Å². The van der Waals surface area contributed by atoms with E-state index in [9.17, 15) is 13.2 Å². The summed E-state index contributed by atoms with van der Waals surface area (Å²) >= 11 is 5.78. The number of amides is 1. The first kappa shape index (κ1) is 21.3. The molecule has 1 aliphatic rings. The monoisotopic (exact) mass is 436 g/mol. The first-order valence-corrected chi connectivity index (χ1v) is 11.1. The summed E-state index contributed by atoms with van der Waals surface area (Å²) in [5.41, 5.74) is 0.753. The number of benzene rings is 1. The summed E-state index contributed by atoms with van der Waals surface area (Å²) in [5.74, 6) is -0.640. The summed E-state index contributed by atoms with van der Waals surface area (Å²) in [6, 6.07) is 12.3. The molecule has 0 aliphatic carbocycles. The minimum atomic E-state index is -3.67. The van der Waals surface area contributed by atoms with Crippen LogP contribution in [0, 0.1) is 0 Å². The molecule has 2 aromatic rings. The first-order valence-electron chi connectivity index (χ1n) is 9.01. The molecule has 154 valence electrons. The lowest BCUT2D eigenvalue weighted by atomic mass is 10.2. The van der Waals surface area contributed by atoms with Gasteiger partial charge in [-0.05, 0) is 17.7 Å². The predicted octanol–water partition coefficient (Wildman–Crippen LogP) is 2.43. The van der Waals surface area contributed by atoms with Gasteiger partial charge in [-0.3, -0.25) is 4.79 Å². The van der Waals surface area contributed by atoms with Crippen LogP contribution in [0.2, 0.25) is 5.02 Å². The zero-order chi connectivity index (χ0) is 20.7. The Morgan fingerprint density at radius 2 is 2.07 bits per heavy atom. The molecule has 1 aliphatic heterocycles. The third-order valence-electron chi connectivity index (χ3n) is 4.20. The smallest absolute Gasteiger partial charge is 0.238 e. The number of morpholine rings is 1. The van der Waals surface area contributed by atoms with Crippen LogP contribution in [0.5, 0.6) is 5.88 Å². The molecular weight excluding hydrogens is 416 g/mol. The van der Waals surface area contributed by atoms with Gasteiger partial charge in [-0.15, -0.1) is 0 Å². The molecule has 9 heteroatoms. The van der Waals surface area contributed by atoms with E-state index < -0.39 is 21.5 Å². The molecule has 1 aromatic carbocycles. The fourth-order valence-corrected chi connectivity index (χ4v) is 3.83. The van der Waals surface area contributed by atoms with E-state index in [0.29, 0.717) is 24.1 Å².